The van der Waals surface area contributed by atoms with E-state index in [2.05, 4.69) is 15.4 Å². The predicted octanol–water partition coefficient (Wildman–Crippen LogP) is 3.30. The monoisotopic (exact) mass is 362 g/mol. The highest BCUT2D eigenvalue weighted by atomic mass is 16.5. The lowest BCUT2D eigenvalue weighted by molar-refractivity contribution is -0.117. The molecular weight excluding hydrogens is 344 g/mol. The van der Waals surface area contributed by atoms with Gasteiger partial charge in [0.05, 0.1) is 13.4 Å². The number of furan rings is 1. The smallest absolute Gasteiger partial charge is 0.226 e. The number of fused-ring (bicyclic) bond motifs is 1. The molecule has 2 aromatic heterocycles. The maximum Gasteiger partial charge on any atom is 0.226 e. The van der Waals surface area contributed by atoms with Gasteiger partial charge in [0.1, 0.15) is 23.9 Å². The summed E-state index contributed by atoms with van der Waals surface area (Å²) in [6.07, 6.45) is 4.24. The summed E-state index contributed by atoms with van der Waals surface area (Å²) in [4.78, 5) is 17.5. The van der Waals surface area contributed by atoms with Crippen LogP contribution in [0.5, 0.6) is 5.75 Å². The van der Waals surface area contributed by atoms with Gasteiger partial charge in [0.2, 0.25) is 5.95 Å². The first-order valence-corrected chi connectivity index (χ1v) is 8.85. The fourth-order valence-corrected chi connectivity index (χ4v) is 4.06. The van der Waals surface area contributed by atoms with Crippen molar-refractivity contribution in [2.45, 2.75) is 24.8 Å². The summed E-state index contributed by atoms with van der Waals surface area (Å²) < 4.78 is 12.9. The molecule has 0 amide bonds. The molecule has 0 radical (unpaired) electrons. The number of rotatable bonds is 3. The Hall–Kier alpha value is -3.35. The number of carbonyl (C=O) groups is 1. The number of anilines is 1. The molecule has 2 aliphatic rings. The third-order valence-electron chi connectivity index (χ3n) is 5.24. The van der Waals surface area contributed by atoms with Crippen molar-refractivity contribution in [1.29, 1.82) is 0 Å². The van der Waals surface area contributed by atoms with Crippen LogP contribution in [0.4, 0.5) is 5.95 Å². The number of methoxy groups -OCH3 is 1. The molecule has 27 heavy (non-hydrogen) atoms. The Balaban J connectivity index is 1.65. The number of carbonyl (C=O) groups excluding carboxylic acids is 1. The zero-order valence-corrected chi connectivity index (χ0v) is 14.8. The van der Waals surface area contributed by atoms with Crippen LogP contribution in [0, 0.1) is 0 Å². The number of hydrogen-bond donors (Lipinski definition) is 1. The van der Waals surface area contributed by atoms with Crippen LogP contribution >= 0.6 is 0 Å². The fourth-order valence-electron chi connectivity index (χ4n) is 4.06. The van der Waals surface area contributed by atoms with Crippen molar-refractivity contribution in [3.8, 4) is 5.75 Å². The molecule has 3 heterocycles. The van der Waals surface area contributed by atoms with Crippen LogP contribution in [0.15, 0.2) is 64.7 Å². The Morgan fingerprint density at radius 3 is 2.93 bits per heavy atom. The normalized spacial score (nSPS) is 21.4. The fraction of sp³-hybridized carbons (Fsp3) is 0.250. The number of hydrogen-bond acceptors (Lipinski definition) is 6. The molecule has 7 heteroatoms. The molecule has 1 aliphatic carbocycles. The van der Waals surface area contributed by atoms with Gasteiger partial charge in [0.25, 0.3) is 0 Å². The van der Waals surface area contributed by atoms with Crippen molar-refractivity contribution in [3.05, 3.63) is 71.6 Å². The molecule has 1 aromatic carbocycles. The van der Waals surface area contributed by atoms with E-state index in [4.69, 9.17) is 9.15 Å². The van der Waals surface area contributed by atoms with E-state index in [0.717, 1.165) is 28.3 Å². The molecule has 0 spiro atoms. The average Bonchev–Trinajstić information content (AvgIpc) is 3.38. The number of aromatic nitrogens is 3. The molecule has 1 N–H and O–H groups in total. The third-order valence-corrected chi connectivity index (χ3v) is 5.24. The van der Waals surface area contributed by atoms with Crippen molar-refractivity contribution in [1.82, 2.24) is 14.8 Å². The van der Waals surface area contributed by atoms with Crippen LogP contribution < -0.4 is 10.1 Å². The van der Waals surface area contributed by atoms with E-state index < -0.39 is 0 Å². The van der Waals surface area contributed by atoms with Crippen molar-refractivity contribution in [2.24, 2.45) is 0 Å². The number of nitrogens with one attached hydrogen (secondary N) is 1. The van der Waals surface area contributed by atoms with E-state index in [1.165, 1.54) is 6.33 Å². The van der Waals surface area contributed by atoms with Gasteiger partial charge in [0.15, 0.2) is 5.78 Å². The Morgan fingerprint density at radius 2 is 2.11 bits per heavy atom. The molecule has 0 bridgehead atoms. The van der Waals surface area contributed by atoms with Crippen molar-refractivity contribution >= 4 is 11.7 Å². The molecule has 2 atom stereocenters. The lowest BCUT2D eigenvalue weighted by Gasteiger charge is -2.34. The zero-order chi connectivity index (χ0) is 18.4. The minimum atomic E-state index is -0.361. The first-order chi connectivity index (χ1) is 13.3. The lowest BCUT2D eigenvalue weighted by Crippen LogP contribution is -2.33. The molecule has 136 valence electrons. The number of Topliss-reactive ketones (excluding diaryl/α,β-unsaturated/α-hetero) is 1. The van der Waals surface area contributed by atoms with Crippen LogP contribution in [-0.4, -0.2) is 27.7 Å². The summed E-state index contributed by atoms with van der Waals surface area (Å²) in [6.45, 7) is 0. The molecule has 0 unspecified atom stereocenters. The van der Waals surface area contributed by atoms with Gasteiger partial charge in [-0.15, -0.1) is 0 Å². The maximum atomic E-state index is 13.2. The molecule has 0 saturated heterocycles. The summed E-state index contributed by atoms with van der Waals surface area (Å²) in [5.74, 6) is 2.28. The van der Waals surface area contributed by atoms with Gasteiger partial charge in [-0.2, -0.15) is 10.1 Å². The molecular formula is C20H18N4O3. The van der Waals surface area contributed by atoms with Gasteiger partial charge in [-0.05, 0) is 24.6 Å². The van der Waals surface area contributed by atoms with Crippen LogP contribution in [0.3, 0.4) is 0 Å². The first kappa shape index (κ1) is 15.9. The highest BCUT2D eigenvalue weighted by molar-refractivity contribution is 6.00. The summed E-state index contributed by atoms with van der Waals surface area (Å²) >= 11 is 0. The Labute approximate surface area is 155 Å². The van der Waals surface area contributed by atoms with Gasteiger partial charge >= 0.3 is 0 Å². The topological polar surface area (TPSA) is 82.2 Å². The highest BCUT2D eigenvalue weighted by Gasteiger charge is 2.40. The van der Waals surface area contributed by atoms with Crippen LogP contribution in [0.25, 0.3) is 0 Å². The second-order valence-electron chi connectivity index (χ2n) is 6.73. The zero-order valence-electron chi connectivity index (χ0n) is 14.8. The second-order valence-corrected chi connectivity index (χ2v) is 6.73. The van der Waals surface area contributed by atoms with Crippen molar-refractivity contribution in [3.63, 3.8) is 0 Å². The SMILES string of the molecule is COc1ccccc1[C@H]1C2=C(C[C@H](c3ccco3)CC2=O)Nc2ncnn21. The average molecular weight is 362 g/mol. The van der Waals surface area contributed by atoms with Crippen LogP contribution in [0.2, 0.25) is 0 Å². The van der Waals surface area contributed by atoms with E-state index in [0.29, 0.717) is 18.8 Å². The quantitative estimate of drug-likeness (QED) is 0.770. The second kappa shape index (κ2) is 6.12. The first-order valence-electron chi connectivity index (χ1n) is 8.85. The van der Waals surface area contributed by atoms with Crippen molar-refractivity contribution < 1.29 is 13.9 Å². The summed E-state index contributed by atoms with van der Waals surface area (Å²) in [7, 11) is 1.63. The van der Waals surface area contributed by atoms with Crippen LogP contribution in [-0.2, 0) is 4.79 Å². The van der Waals surface area contributed by atoms with Gasteiger partial charge in [-0.3, -0.25) is 4.79 Å². The standard InChI is InChI=1S/C20H18N4O3/c1-26-17-6-3-2-5-13(17)19-18-14(23-20-21-11-22-24(19)20)9-12(10-15(18)25)16-7-4-8-27-16/h2-8,11-12,19H,9-10H2,1H3,(H,21,22,23)/t12-,19-/m0/s1. The lowest BCUT2D eigenvalue weighted by atomic mass is 9.79. The van der Waals surface area contributed by atoms with E-state index in [-0.39, 0.29) is 17.7 Å². The van der Waals surface area contributed by atoms with Gasteiger partial charge < -0.3 is 14.5 Å². The number of allylic oxidation sites excluding steroid dienone is 2. The highest BCUT2D eigenvalue weighted by Crippen LogP contribution is 2.45. The summed E-state index contributed by atoms with van der Waals surface area (Å²) in [5.41, 5.74) is 2.50. The summed E-state index contributed by atoms with van der Waals surface area (Å²) in [5, 5.41) is 7.67. The number of para-hydroxylation sites is 1. The van der Waals surface area contributed by atoms with E-state index in [1.807, 2.05) is 36.4 Å². The molecule has 0 saturated carbocycles. The van der Waals surface area contributed by atoms with Gasteiger partial charge in [-0.1, -0.05) is 18.2 Å². The number of ketones is 1. The third kappa shape index (κ3) is 2.46. The van der Waals surface area contributed by atoms with Crippen LogP contribution in [0.1, 0.15) is 36.1 Å². The molecule has 5 rings (SSSR count). The van der Waals surface area contributed by atoms with E-state index in [1.54, 1.807) is 18.1 Å². The number of nitrogens with zero attached hydrogens (tertiary/aromatic N) is 3. The molecule has 7 nitrogen and oxygen atoms in total. The maximum absolute atomic E-state index is 13.2. The Morgan fingerprint density at radius 1 is 1.22 bits per heavy atom. The Bertz CT molecular complexity index is 1040. The van der Waals surface area contributed by atoms with Gasteiger partial charge in [-0.25, -0.2) is 4.68 Å². The molecule has 3 aromatic rings. The minimum Gasteiger partial charge on any atom is -0.496 e. The molecule has 1 aliphatic heterocycles. The number of ether oxygens (including phenoxy) is 1. The Kier molecular flexibility index (Phi) is 3.60. The van der Waals surface area contributed by atoms with E-state index >= 15 is 0 Å². The number of benzene rings is 1. The summed E-state index contributed by atoms with van der Waals surface area (Å²) in [6, 6.07) is 11.1. The minimum absolute atomic E-state index is 0.0199. The van der Waals surface area contributed by atoms with E-state index in [9.17, 15) is 4.79 Å². The van der Waals surface area contributed by atoms with Gasteiger partial charge in [0, 0.05) is 29.2 Å². The predicted molar refractivity (Wildman–Crippen MR) is 97.5 cm³/mol. The van der Waals surface area contributed by atoms with Crippen molar-refractivity contribution in [2.75, 3.05) is 12.4 Å². The molecule has 0 fully saturated rings. The largest absolute Gasteiger partial charge is 0.496 e.